The molecule has 6 nitrogen and oxygen atoms in total. The van der Waals surface area contributed by atoms with Gasteiger partial charge in [0, 0.05) is 12.0 Å². The van der Waals surface area contributed by atoms with Crippen molar-refractivity contribution in [2.24, 2.45) is 0 Å². The zero-order valence-corrected chi connectivity index (χ0v) is 18.5. The number of hydrogen-bond acceptors (Lipinski definition) is 4. The number of carbonyl (C=O) groups excluding carboxylic acids is 2. The van der Waals surface area contributed by atoms with Crippen molar-refractivity contribution in [3.05, 3.63) is 29.8 Å². The normalized spacial score (nSPS) is 10.3. The Bertz CT molecular complexity index is 620. The minimum Gasteiger partial charge on any atom is -0.494 e. The summed E-state index contributed by atoms with van der Waals surface area (Å²) < 4.78 is 5.67. The first-order valence-electron chi connectivity index (χ1n) is 10.7. The molecule has 7 heteroatoms. The summed E-state index contributed by atoms with van der Waals surface area (Å²) in [4.78, 5) is 24.0. The molecule has 0 saturated carbocycles. The summed E-state index contributed by atoms with van der Waals surface area (Å²) in [6.45, 7) is 5.01. The quantitative estimate of drug-likeness (QED) is 0.246. The molecule has 0 atom stereocenters. The first kappa shape index (κ1) is 24.9. The van der Waals surface area contributed by atoms with E-state index in [1.165, 1.54) is 25.7 Å². The maximum absolute atomic E-state index is 12.2. The van der Waals surface area contributed by atoms with Gasteiger partial charge in [-0.1, -0.05) is 58.8 Å². The molecule has 0 aliphatic heterocycles. The van der Waals surface area contributed by atoms with E-state index >= 15 is 0 Å². The molecule has 1 aromatic carbocycles. The van der Waals surface area contributed by atoms with Gasteiger partial charge >= 0.3 is 0 Å². The Labute approximate surface area is 180 Å². The van der Waals surface area contributed by atoms with Crippen LogP contribution in [0.15, 0.2) is 24.3 Å². The molecule has 0 unspecified atom stereocenters. The highest BCUT2D eigenvalue weighted by atomic mass is 32.1. The van der Waals surface area contributed by atoms with Crippen LogP contribution in [0, 0.1) is 0 Å². The summed E-state index contributed by atoms with van der Waals surface area (Å²) in [6, 6.07) is 6.92. The first-order chi connectivity index (χ1) is 14.1. The standard InChI is InChI=1S/C22H35N3O3S/c1-3-5-7-9-10-12-20(26)23-22(29)25-24-21(27)18-13-15-19(16-14-18)28-17-11-8-6-4-2/h13-16H,3-12,17H2,1-2H3,(H,24,27)(H2,23,25,26,29). The molecule has 0 aromatic heterocycles. The van der Waals surface area contributed by atoms with Crippen molar-refractivity contribution < 1.29 is 14.3 Å². The molecule has 29 heavy (non-hydrogen) atoms. The molecule has 162 valence electrons. The number of unbranched alkanes of at least 4 members (excludes halogenated alkanes) is 7. The fraction of sp³-hybridized carbons (Fsp3) is 0.591. The number of ether oxygens (including phenoxy) is 1. The predicted octanol–water partition coefficient (Wildman–Crippen LogP) is 4.64. The summed E-state index contributed by atoms with van der Waals surface area (Å²) in [5, 5.41) is 2.66. The second kappa shape index (κ2) is 15.7. The molecule has 0 fully saturated rings. The van der Waals surface area contributed by atoms with Crippen molar-refractivity contribution in [3.8, 4) is 5.75 Å². The van der Waals surface area contributed by atoms with Gasteiger partial charge in [-0.3, -0.25) is 20.4 Å². The van der Waals surface area contributed by atoms with E-state index in [0.29, 0.717) is 18.6 Å². The van der Waals surface area contributed by atoms with Crippen molar-refractivity contribution in [1.82, 2.24) is 16.2 Å². The summed E-state index contributed by atoms with van der Waals surface area (Å²) in [5.41, 5.74) is 5.52. The van der Waals surface area contributed by atoms with Crippen LogP contribution < -0.4 is 20.9 Å². The highest BCUT2D eigenvalue weighted by Gasteiger charge is 2.08. The van der Waals surface area contributed by atoms with Crippen molar-refractivity contribution >= 4 is 29.1 Å². The van der Waals surface area contributed by atoms with Crippen LogP contribution in [0.5, 0.6) is 5.75 Å². The molecular formula is C22H35N3O3S. The lowest BCUT2D eigenvalue weighted by Crippen LogP contribution is -2.48. The summed E-state index contributed by atoms with van der Waals surface area (Å²) in [7, 11) is 0. The smallest absolute Gasteiger partial charge is 0.269 e. The van der Waals surface area contributed by atoms with Gasteiger partial charge in [0.15, 0.2) is 5.11 Å². The monoisotopic (exact) mass is 421 g/mol. The molecule has 0 spiro atoms. The van der Waals surface area contributed by atoms with Crippen LogP contribution in [-0.4, -0.2) is 23.5 Å². The molecule has 0 radical (unpaired) electrons. The number of rotatable bonds is 13. The van der Waals surface area contributed by atoms with E-state index in [9.17, 15) is 9.59 Å². The Morgan fingerprint density at radius 3 is 2.14 bits per heavy atom. The maximum atomic E-state index is 12.2. The molecular weight excluding hydrogens is 386 g/mol. The molecule has 0 saturated heterocycles. The predicted molar refractivity (Wildman–Crippen MR) is 121 cm³/mol. The van der Waals surface area contributed by atoms with E-state index in [2.05, 4.69) is 30.0 Å². The highest BCUT2D eigenvalue weighted by molar-refractivity contribution is 7.80. The number of thiocarbonyl (C=S) groups is 1. The van der Waals surface area contributed by atoms with Crippen molar-refractivity contribution in [2.45, 2.75) is 78.1 Å². The molecule has 0 heterocycles. The Morgan fingerprint density at radius 2 is 1.48 bits per heavy atom. The van der Waals surface area contributed by atoms with Gasteiger partial charge in [0.1, 0.15) is 5.75 Å². The van der Waals surface area contributed by atoms with Crippen LogP contribution in [0.2, 0.25) is 0 Å². The molecule has 0 aliphatic carbocycles. The Morgan fingerprint density at radius 1 is 0.862 bits per heavy atom. The minimum atomic E-state index is -0.337. The van der Waals surface area contributed by atoms with Gasteiger partial charge in [-0.05, 0) is 49.3 Å². The lowest BCUT2D eigenvalue weighted by Gasteiger charge is -2.11. The van der Waals surface area contributed by atoms with E-state index in [4.69, 9.17) is 17.0 Å². The van der Waals surface area contributed by atoms with Crippen LogP contribution in [0.1, 0.15) is 88.4 Å². The van der Waals surface area contributed by atoms with E-state index in [-0.39, 0.29) is 16.9 Å². The van der Waals surface area contributed by atoms with E-state index in [0.717, 1.165) is 37.9 Å². The third-order valence-corrected chi connectivity index (χ3v) is 4.64. The van der Waals surface area contributed by atoms with Crippen LogP contribution in [0.4, 0.5) is 0 Å². The van der Waals surface area contributed by atoms with Crippen LogP contribution in [-0.2, 0) is 4.79 Å². The van der Waals surface area contributed by atoms with Gasteiger partial charge in [0.05, 0.1) is 6.61 Å². The minimum absolute atomic E-state index is 0.0870. The molecule has 1 rings (SSSR count). The second-order valence-electron chi connectivity index (χ2n) is 7.05. The molecule has 2 amide bonds. The molecule has 0 bridgehead atoms. The largest absolute Gasteiger partial charge is 0.494 e. The average molecular weight is 422 g/mol. The van der Waals surface area contributed by atoms with Gasteiger partial charge in [0.25, 0.3) is 5.91 Å². The third kappa shape index (κ3) is 12.1. The van der Waals surface area contributed by atoms with Gasteiger partial charge in [0.2, 0.25) is 5.91 Å². The van der Waals surface area contributed by atoms with Gasteiger partial charge < -0.3 is 10.1 Å². The van der Waals surface area contributed by atoms with Gasteiger partial charge in [-0.2, -0.15) is 0 Å². The van der Waals surface area contributed by atoms with Crippen molar-refractivity contribution in [2.75, 3.05) is 6.61 Å². The number of carbonyl (C=O) groups is 2. The lowest BCUT2D eigenvalue weighted by atomic mass is 10.1. The first-order valence-corrected chi connectivity index (χ1v) is 11.1. The van der Waals surface area contributed by atoms with Crippen LogP contribution >= 0.6 is 12.2 Å². The fourth-order valence-corrected chi connectivity index (χ4v) is 2.88. The SMILES string of the molecule is CCCCCCCC(=O)NC(=S)NNC(=O)c1ccc(OCCCCCC)cc1. The van der Waals surface area contributed by atoms with E-state index in [1.54, 1.807) is 24.3 Å². The summed E-state index contributed by atoms with van der Waals surface area (Å²) >= 11 is 5.04. The number of hydrazine groups is 1. The lowest BCUT2D eigenvalue weighted by molar-refractivity contribution is -0.119. The van der Waals surface area contributed by atoms with E-state index < -0.39 is 0 Å². The molecule has 3 N–H and O–H groups in total. The third-order valence-electron chi connectivity index (χ3n) is 4.43. The van der Waals surface area contributed by atoms with Crippen LogP contribution in [0.3, 0.4) is 0 Å². The summed E-state index contributed by atoms with van der Waals surface area (Å²) in [5.74, 6) is 0.261. The zero-order chi connectivity index (χ0) is 21.3. The summed E-state index contributed by atoms with van der Waals surface area (Å²) in [6.07, 6.45) is 10.4. The van der Waals surface area contributed by atoms with Gasteiger partial charge in [-0.15, -0.1) is 0 Å². The Hall–Kier alpha value is -2.15. The van der Waals surface area contributed by atoms with E-state index in [1.807, 2.05) is 0 Å². The van der Waals surface area contributed by atoms with Crippen molar-refractivity contribution in [1.29, 1.82) is 0 Å². The number of nitrogens with one attached hydrogen (secondary N) is 3. The number of hydrogen-bond donors (Lipinski definition) is 3. The second-order valence-corrected chi connectivity index (χ2v) is 7.46. The average Bonchev–Trinajstić information content (AvgIpc) is 2.72. The maximum Gasteiger partial charge on any atom is 0.269 e. The highest BCUT2D eigenvalue weighted by Crippen LogP contribution is 2.13. The number of amides is 2. The topological polar surface area (TPSA) is 79.5 Å². The number of benzene rings is 1. The molecule has 1 aromatic rings. The Balaban J connectivity index is 2.24. The van der Waals surface area contributed by atoms with Crippen LogP contribution in [0.25, 0.3) is 0 Å². The van der Waals surface area contributed by atoms with Gasteiger partial charge in [-0.25, -0.2) is 0 Å². The molecule has 0 aliphatic rings. The van der Waals surface area contributed by atoms with Crippen molar-refractivity contribution in [3.63, 3.8) is 0 Å². The fourth-order valence-electron chi connectivity index (χ4n) is 2.72. The zero-order valence-electron chi connectivity index (χ0n) is 17.7. The Kier molecular flexibility index (Phi) is 13.5.